The molecule has 0 saturated heterocycles. The number of ether oxygens (including phenoxy) is 1. The van der Waals surface area contributed by atoms with Crippen LogP contribution in [0.15, 0.2) is 57.9 Å². The number of hydrogen-bond donors (Lipinski definition) is 1. The van der Waals surface area contributed by atoms with Gasteiger partial charge in [-0.15, -0.1) is 0 Å². The third kappa shape index (κ3) is 3.96. The third-order valence-corrected chi connectivity index (χ3v) is 6.37. The van der Waals surface area contributed by atoms with Gasteiger partial charge in [-0.1, -0.05) is 6.08 Å². The van der Waals surface area contributed by atoms with E-state index in [-0.39, 0.29) is 35.0 Å². The van der Waals surface area contributed by atoms with Gasteiger partial charge in [-0.25, -0.2) is 17.2 Å². The summed E-state index contributed by atoms with van der Waals surface area (Å²) in [6.07, 6.45) is 4.54. The molecular weight excluding hydrogens is 440 g/mol. The van der Waals surface area contributed by atoms with Crippen molar-refractivity contribution in [2.24, 2.45) is 7.05 Å². The first-order chi connectivity index (χ1) is 15.1. The van der Waals surface area contributed by atoms with Gasteiger partial charge < -0.3 is 14.4 Å². The van der Waals surface area contributed by atoms with Crippen molar-refractivity contribution in [3.63, 3.8) is 0 Å². The monoisotopic (exact) mass is 459 g/mol. The lowest BCUT2D eigenvalue weighted by atomic mass is 9.98. The van der Waals surface area contributed by atoms with Crippen LogP contribution in [0.3, 0.4) is 0 Å². The minimum atomic E-state index is -3.59. The van der Waals surface area contributed by atoms with Gasteiger partial charge in [0.2, 0.25) is 0 Å². The van der Waals surface area contributed by atoms with Crippen molar-refractivity contribution in [3.8, 4) is 22.6 Å². The molecule has 9 heteroatoms. The Morgan fingerprint density at radius 2 is 1.81 bits per heavy atom. The summed E-state index contributed by atoms with van der Waals surface area (Å²) in [6, 6.07) is 6.96. The highest BCUT2D eigenvalue weighted by Gasteiger charge is 2.24. The molecule has 1 aliphatic rings. The van der Waals surface area contributed by atoms with Crippen LogP contribution >= 0.6 is 0 Å². The van der Waals surface area contributed by atoms with Crippen LogP contribution < -0.4 is 10.3 Å². The van der Waals surface area contributed by atoms with E-state index in [1.54, 1.807) is 13.1 Å². The van der Waals surface area contributed by atoms with Gasteiger partial charge in [-0.05, 0) is 41.5 Å². The summed E-state index contributed by atoms with van der Waals surface area (Å²) in [6.45, 7) is -0.231. The number of pyridine rings is 1. The van der Waals surface area contributed by atoms with Crippen molar-refractivity contribution >= 4 is 15.9 Å². The minimum Gasteiger partial charge on any atom is -0.454 e. The maximum Gasteiger partial charge on any atom is 0.254 e. The van der Waals surface area contributed by atoms with Gasteiger partial charge in [0.25, 0.3) is 5.56 Å². The zero-order chi connectivity index (χ0) is 23.2. The van der Waals surface area contributed by atoms with Crippen molar-refractivity contribution in [1.82, 2.24) is 4.57 Å². The van der Waals surface area contributed by atoms with E-state index in [0.717, 1.165) is 18.4 Å². The van der Waals surface area contributed by atoms with Gasteiger partial charge in [-0.2, -0.15) is 0 Å². The molecule has 1 aromatic heterocycles. The van der Waals surface area contributed by atoms with Crippen LogP contribution in [0.25, 0.3) is 17.2 Å². The van der Waals surface area contributed by atoms with Crippen LogP contribution in [0.5, 0.6) is 11.5 Å². The molecule has 4 rings (SSSR count). The highest BCUT2D eigenvalue weighted by atomic mass is 32.2. The Bertz CT molecular complexity index is 1440. The van der Waals surface area contributed by atoms with E-state index < -0.39 is 21.5 Å². The highest BCUT2D eigenvalue weighted by Crippen LogP contribution is 2.40. The molecule has 6 nitrogen and oxygen atoms in total. The lowest BCUT2D eigenvalue weighted by molar-refractivity contribution is 0.330. The molecule has 0 spiro atoms. The molecule has 0 unspecified atom stereocenters. The minimum absolute atomic E-state index is 0.00592. The quantitative estimate of drug-likeness (QED) is 0.632. The van der Waals surface area contributed by atoms with Crippen LogP contribution in [0.2, 0.25) is 0 Å². The average molecular weight is 459 g/mol. The van der Waals surface area contributed by atoms with Gasteiger partial charge >= 0.3 is 0 Å². The van der Waals surface area contributed by atoms with Gasteiger partial charge in [0.05, 0.1) is 11.5 Å². The number of halogens is 2. The Morgan fingerprint density at radius 3 is 2.47 bits per heavy atom. The first-order valence-corrected chi connectivity index (χ1v) is 11.5. The number of fused-ring (bicyclic) bond motifs is 1. The second-order valence-corrected chi connectivity index (χ2v) is 9.61. The van der Waals surface area contributed by atoms with Crippen molar-refractivity contribution in [3.05, 3.63) is 81.3 Å². The Morgan fingerprint density at radius 1 is 1.09 bits per heavy atom. The van der Waals surface area contributed by atoms with Crippen LogP contribution in [-0.2, 0) is 23.3 Å². The molecule has 1 heterocycles. The number of nitrogens with zero attached hydrogens (tertiary/aromatic N) is 1. The van der Waals surface area contributed by atoms with Crippen molar-refractivity contribution in [1.29, 1.82) is 0 Å². The number of benzene rings is 2. The summed E-state index contributed by atoms with van der Waals surface area (Å²) in [7, 11) is -2.03. The fourth-order valence-electron chi connectivity index (χ4n) is 3.66. The summed E-state index contributed by atoms with van der Waals surface area (Å²) in [5.41, 5.74) is 2.17. The standard InChI is InChI=1S/C23H19F2NO5S/c1-26-11-19(16-7-13(12-27)8-18(16)23(26)28)17-10-15(32(2,29)30)4-6-21(17)31-22-5-3-14(24)9-20(22)25/h3-7,9-11,27H,8,12H2,1-2H3. The van der Waals surface area contributed by atoms with Crippen LogP contribution in [0.1, 0.15) is 11.1 Å². The van der Waals surface area contributed by atoms with Crippen LogP contribution in [0.4, 0.5) is 8.78 Å². The number of aliphatic hydroxyl groups is 1. The van der Waals surface area contributed by atoms with Gasteiger partial charge in [0.15, 0.2) is 21.4 Å². The molecule has 1 N–H and O–H groups in total. The molecule has 1 aliphatic carbocycles. The lowest BCUT2D eigenvalue weighted by Crippen LogP contribution is -2.21. The molecule has 32 heavy (non-hydrogen) atoms. The van der Waals surface area contributed by atoms with Crippen LogP contribution in [0, 0.1) is 11.6 Å². The van der Waals surface area contributed by atoms with Crippen molar-refractivity contribution in [2.75, 3.05) is 12.9 Å². The number of aromatic nitrogens is 1. The van der Waals surface area contributed by atoms with Crippen molar-refractivity contribution < 1.29 is 27.0 Å². The Hall–Kier alpha value is -3.30. The zero-order valence-corrected chi connectivity index (χ0v) is 18.0. The number of sulfone groups is 1. The SMILES string of the molecule is Cn1cc(-c2cc(S(C)(=O)=O)ccc2Oc2ccc(F)cc2F)c2c(c1=O)CC(CO)=C2. The fraction of sp³-hybridized carbons (Fsp3) is 0.174. The molecule has 166 valence electrons. The first-order valence-electron chi connectivity index (χ1n) is 9.58. The smallest absolute Gasteiger partial charge is 0.254 e. The van der Waals surface area contributed by atoms with Crippen molar-refractivity contribution in [2.45, 2.75) is 11.3 Å². The van der Waals surface area contributed by atoms with Crippen LogP contribution in [-0.4, -0.2) is 31.0 Å². The van der Waals surface area contributed by atoms with E-state index in [4.69, 9.17) is 4.74 Å². The second kappa shape index (κ2) is 7.99. The number of hydrogen-bond acceptors (Lipinski definition) is 5. The van der Waals surface area contributed by atoms with E-state index in [0.29, 0.717) is 33.9 Å². The van der Waals surface area contributed by atoms with Gasteiger partial charge in [-0.3, -0.25) is 4.79 Å². The summed E-state index contributed by atoms with van der Waals surface area (Å²) < 4.78 is 59.0. The fourth-order valence-corrected chi connectivity index (χ4v) is 4.31. The molecule has 0 fully saturated rings. The Balaban J connectivity index is 1.97. The topological polar surface area (TPSA) is 85.6 Å². The van der Waals surface area contributed by atoms with Gasteiger partial charge in [0.1, 0.15) is 11.6 Å². The van der Waals surface area contributed by atoms with Gasteiger partial charge in [0, 0.05) is 48.7 Å². The molecular formula is C23H19F2NO5S. The summed E-state index contributed by atoms with van der Waals surface area (Å²) in [5.74, 6) is -1.81. The van der Waals surface area contributed by atoms with E-state index in [9.17, 15) is 27.1 Å². The third-order valence-electron chi connectivity index (χ3n) is 5.26. The molecule has 0 atom stereocenters. The summed E-state index contributed by atoms with van der Waals surface area (Å²) in [5, 5.41) is 9.56. The summed E-state index contributed by atoms with van der Waals surface area (Å²) in [4.78, 5) is 12.6. The normalized spacial score (nSPS) is 13.1. The predicted molar refractivity (Wildman–Crippen MR) is 115 cm³/mol. The summed E-state index contributed by atoms with van der Waals surface area (Å²) >= 11 is 0. The molecule has 0 radical (unpaired) electrons. The maximum atomic E-state index is 14.2. The Labute approximate surface area is 182 Å². The number of aliphatic hydroxyl groups excluding tert-OH is 1. The molecule has 0 saturated carbocycles. The Kier molecular flexibility index (Phi) is 5.47. The predicted octanol–water partition coefficient (Wildman–Crippen LogP) is 3.46. The lowest BCUT2D eigenvalue weighted by Gasteiger charge is -2.16. The molecule has 3 aromatic rings. The molecule has 0 bridgehead atoms. The maximum absolute atomic E-state index is 14.2. The first kappa shape index (κ1) is 21.9. The average Bonchev–Trinajstić information content (AvgIpc) is 3.17. The number of aryl methyl sites for hydroxylation is 1. The molecule has 0 aliphatic heterocycles. The van der Waals surface area contributed by atoms with E-state index in [2.05, 4.69) is 0 Å². The van der Waals surface area contributed by atoms with E-state index in [1.165, 1.54) is 29.0 Å². The molecule has 0 amide bonds. The highest BCUT2D eigenvalue weighted by molar-refractivity contribution is 7.90. The zero-order valence-electron chi connectivity index (χ0n) is 17.2. The second-order valence-electron chi connectivity index (χ2n) is 7.60. The van der Waals surface area contributed by atoms with E-state index >= 15 is 0 Å². The number of rotatable bonds is 5. The molecule has 2 aromatic carbocycles. The largest absolute Gasteiger partial charge is 0.454 e. The van der Waals surface area contributed by atoms with E-state index in [1.807, 2.05) is 0 Å².